The van der Waals surface area contributed by atoms with E-state index in [2.05, 4.69) is 30.2 Å². The van der Waals surface area contributed by atoms with Gasteiger partial charge in [-0.1, -0.05) is 13.8 Å². The Hall–Kier alpha value is -2.72. The second-order valence-corrected chi connectivity index (χ2v) is 7.31. The van der Waals surface area contributed by atoms with E-state index in [1.165, 1.54) is 12.1 Å². The number of nitrogens with one attached hydrogen (secondary N) is 1. The number of ether oxygens (including phenoxy) is 1. The first-order chi connectivity index (χ1) is 11.9. The molecule has 1 saturated carbocycles. The van der Waals surface area contributed by atoms with Crippen LogP contribution in [-0.4, -0.2) is 28.7 Å². The quantitative estimate of drug-likeness (QED) is 0.681. The summed E-state index contributed by atoms with van der Waals surface area (Å²) in [4.78, 5) is 15.1. The third-order valence-electron chi connectivity index (χ3n) is 5.53. The highest BCUT2D eigenvalue weighted by Crippen LogP contribution is 2.53. The summed E-state index contributed by atoms with van der Waals surface area (Å²) >= 11 is 0. The van der Waals surface area contributed by atoms with Gasteiger partial charge in [0.1, 0.15) is 5.82 Å². The number of nitriles is 1. The summed E-state index contributed by atoms with van der Waals surface area (Å²) in [5, 5.41) is 24.4. The predicted octanol–water partition coefficient (Wildman–Crippen LogP) is 3.24. The van der Waals surface area contributed by atoms with Crippen molar-refractivity contribution in [3.63, 3.8) is 0 Å². The van der Waals surface area contributed by atoms with Gasteiger partial charge in [-0.2, -0.15) is 5.26 Å². The maximum atomic E-state index is 11.0. The summed E-state index contributed by atoms with van der Waals surface area (Å²) in [6.07, 6.45) is 1.29. The molecule has 2 heterocycles. The standard InChI is InChI=1S/C18H18N4O3/c1-18(2)16(12-5-6-25-17(12)18)21-15-7-10(9-19)13-8-11(22(23)24)3-4-14(13)20-15/h3-4,7-8,12,16-17H,5-6H2,1-2H3,(H,20,21). The van der Waals surface area contributed by atoms with Crippen LogP contribution in [0.1, 0.15) is 25.8 Å². The average molecular weight is 338 g/mol. The number of aromatic nitrogens is 1. The number of nitrogens with zero attached hydrogens (tertiary/aromatic N) is 3. The van der Waals surface area contributed by atoms with Crippen LogP contribution in [-0.2, 0) is 4.74 Å². The zero-order valence-electron chi connectivity index (χ0n) is 14.0. The van der Waals surface area contributed by atoms with E-state index in [9.17, 15) is 15.4 Å². The number of pyridine rings is 1. The van der Waals surface area contributed by atoms with E-state index in [-0.39, 0.29) is 23.2 Å². The number of non-ortho nitro benzene ring substituents is 1. The Kier molecular flexibility index (Phi) is 3.41. The Labute approximate surface area is 144 Å². The molecule has 0 amide bonds. The molecule has 3 unspecified atom stereocenters. The fourth-order valence-corrected chi connectivity index (χ4v) is 4.27. The van der Waals surface area contributed by atoms with Crippen molar-refractivity contribution in [3.8, 4) is 6.07 Å². The predicted molar refractivity (Wildman–Crippen MR) is 92.2 cm³/mol. The third kappa shape index (κ3) is 2.33. The number of fused-ring (bicyclic) bond motifs is 2. The van der Waals surface area contributed by atoms with Gasteiger partial charge in [0.15, 0.2) is 0 Å². The number of hydrogen-bond acceptors (Lipinski definition) is 6. The molecular formula is C18H18N4O3. The second kappa shape index (κ2) is 5.39. The highest BCUT2D eigenvalue weighted by Gasteiger charge is 2.59. The number of benzene rings is 1. The van der Waals surface area contributed by atoms with Crippen molar-refractivity contribution < 1.29 is 9.66 Å². The monoisotopic (exact) mass is 338 g/mol. The van der Waals surface area contributed by atoms with Crippen molar-refractivity contribution in [1.29, 1.82) is 5.26 Å². The van der Waals surface area contributed by atoms with Gasteiger partial charge in [0.2, 0.25) is 0 Å². The number of nitro benzene ring substituents is 1. The molecule has 0 radical (unpaired) electrons. The van der Waals surface area contributed by atoms with E-state index in [1.807, 2.05) is 0 Å². The topological polar surface area (TPSA) is 101 Å². The van der Waals surface area contributed by atoms with Gasteiger partial charge < -0.3 is 10.1 Å². The van der Waals surface area contributed by atoms with Crippen molar-refractivity contribution in [1.82, 2.24) is 4.98 Å². The third-order valence-corrected chi connectivity index (χ3v) is 5.53. The summed E-state index contributed by atoms with van der Waals surface area (Å²) in [5.41, 5.74) is 0.911. The maximum Gasteiger partial charge on any atom is 0.270 e. The van der Waals surface area contributed by atoms with E-state index in [1.54, 1.807) is 12.1 Å². The van der Waals surface area contributed by atoms with Crippen molar-refractivity contribution in [2.45, 2.75) is 32.4 Å². The highest BCUT2D eigenvalue weighted by atomic mass is 16.6. The van der Waals surface area contributed by atoms with E-state index in [0.29, 0.717) is 28.2 Å². The van der Waals surface area contributed by atoms with Crippen LogP contribution in [0.2, 0.25) is 0 Å². The molecule has 7 nitrogen and oxygen atoms in total. The molecule has 1 aromatic carbocycles. The molecule has 1 aromatic heterocycles. The molecule has 2 fully saturated rings. The van der Waals surface area contributed by atoms with E-state index in [4.69, 9.17) is 4.74 Å². The number of nitro groups is 1. The Morgan fingerprint density at radius 3 is 2.96 bits per heavy atom. The molecule has 1 saturated heterocycles. The first-order valence-electron chi connectivity index (χ1n) is 8.29. The lowest BCUT2D eigenvalue weighted by atomic mass is 9.57. The number of hydrogen-bond donors (Lipinski definition) is 1. The van der Waals surface area contributed by atoms with E-state index in [0.717, 1.165) is 13.0 Å². The van der Waals surface area contributed by atoms with Gasteiger partial charge in [-0.15, -0.1) is 0 Å². The molecule has 3 atom stereocenters. The maximum absolute atomic E-state index is 11.0. The van der Waals surface area contributed by atoms with Crippen LogP contribution in [0.5, 0.6) is 0 Å². The summed E-state index contributed by atoms with van der Waals surface area (Å²) in [6.45, 7) is 5.13. The minimum Gasteiger partial charge on any atom is -0.377 e. The van der Waals surface area contributed by atoms with Crippen molar-refractivity contribution in [3.05, 3.63) is 39.9 Å². The molecule has 1 aliphatic carbocycles. The summed E-state index contributed by atoms with van der Waals surface area (Å²) in [6, 6.07) is 8.43. The second-order valence-electron chi connectivity index (χ2n) is 7.31. The van der Waals surface area contributed by atoms with Gasteiger partial charge in [-0.25, -0.2) is 4.98 Å². The SMILES string of the molecule is CC1(C)C(Nc2cc(C#N)c3cc([N+](=O)[O-])ccc3n2)C2CCOC21. The average Bonchev–Trinajstić information content (AvgIpc) is 3.05. The lowest BCUT2D eigenvalue weighted by Gasteiger charge is -2.54. The number of anilines is 1. The molecule has 0 spiro atoms. The molecule has 7 heteroatoms. The Morgan fingerprint density at radius 1 is 1.44 bits per heavy atom. The van der Waals surface area contributed by atoms with Gasteiger partial charge >= 0.3 is 0 Å². The van der Waals surface area contributed by atoms with Crippen LogP contribution in [0.25, 0.3) is 10.9 Å². The molecule has 1 N–H and O–H groups in total. The highest BCUT2D eigenvalue weighted by molar-refractivity contribution is 5.88. The Balaban J connectivity index is 1.70. The lowest BCUT2D eigenvalue weighted by molar-refractivity contribution is -0.384. The minimum atomic E-state index is -0.468. The van der Waals surface area contributed by atoms with Crippen LogP contribution in [0.4, 0.5) is 11.5 Å². The smallest absolute Gasteiger partial charge is 0.270 e. The van der Waals surface area contributed by atoms with Gasteiger partial charge in [0.25, 0.3) is 5.69 Å². The first kappa shape index (κ1) is 15.8. The Morgan fingerprint density at radius 2 is 2.24 bits per heavy atom. The fraction of sp³-hybridized carbons (Fsp3) is 0.444. The van der Waals surface area contributed by atoms with Crippen molar-refractivity contribution in [2.75, 3.05) is 11.9 Å². The van der Waals surface area contributed by atoms with E-state index < -0.39 is 4.92 Å². The zero-order valence-corrected chi connectivity index (χ0v) is 14.0. The van der Waals surface area contributed by atoms with Gasteiger partial charge in [-0.05, 0) is 18.6 Å². The normalized spacial score (nSPS) is 26.5. The zero-order chi connectivity index (χ0) is 17.8. The Bertz CT molecular complexity index is 918. The largest absolute Gasteiger partial charge is 0.377 e. The van der Waals surface area contributed by atoms with Crippen LogP contribution in [0, 0.1) is 32.8 Å². The molecule has 2 aliphatic rings. The van der Waals surface area contributed by atoms with Crippen LogP contribution in [0.15, 0.2) is 24.3 Å². The lowest BCUT2D eigenvalue weighted by Crippen LogP contribution is -2.63. The van der Waals surface area contributed by atoms with Crippen molar-refractivity contribution in [2.24, 2.45) is 11.3 Å². The molecule has 128 valence electrons. The summed E-state index contributed by atoms with van der Waals surface area (Å²) < 4.78 is 5.81. The molecule has 2 aromatic rings. The van der Waals surface area contributed by atoms with Gasteiger partial charge in [0, 0.05) is 41.5 Å². The minimum absolute atomic E-state index is 0.0000840. The number of rotatable bonds is 3. The molecule has 25 heavy (non-hydrogen) atoms. The van der Waals surface area contributed by atoms with Gasteiger partial charge in [0.05, 0.1) is 28.2 Å². The van der Waals surface area contributed by atoms with Crippen molar-refractivity contribution >= 4 is 22.4 Å². The van der Waals surface area contributed by atoms with Crippen LogP contribution in [0.3, 0.4) is 0 Å². The van der Waals surface area contributed by atoms with E-state index >= 15 is 0 Å². The fourth-order valence-electron chi connectivity index (χ4n) is 4.27. The molecule has 1 aliphatic heterocycles. The summed E-state index contributed by atoms with van der Waals surface area (Å²) in [5.74, 6) is 1.08. The molecule has 4 rings (SSSR count). The molecular weight excluding hydrogens is 320 g/mol. The van der Waals surface area contributed by atoms with Crippen LogP contribution < -0.4 is 5.32 Å². The first-order valence-corrected chi connectivity index (χ1v) is 8.29. The van der Waals surface area contributed by atoms with Crippen LogP contribution >= 0.6 is 0 Å². The van der Waals surface area contributed by atoms with Gasteiger partial charge in [-0.3, -0.25) is 10.1 Å². The summed E-state index contributed by atoms with van der Waals surface area (Å²) in [7, 11) is 0. The molecule has 0 bridgehead atoms.